The Labute approximate surface area is 130 Å². The lowest BCUT2D eigenvalue weighted by Crippen LogP contribution is -2.26. The summed E-state index contributed by atoms with van der Waals surface area (Å²) in [7, 11) is 1.62. The summed E-state index contributed by atoms with van der Waals surface area (Å²) in [4.78, 5) is 13.8. The smallest absolute Gasteiger partial charge is 0.253 e. The molecule has 0 unspecified atom stereocenters. The number of benzene rings is 2. The fourth-order valence-corrected chi connectivity index (χ4v) is 2.67. The number of carbonyl (C=O) groups excluding carboxylic acids is 1. The van der Waals surface area contributed by atoms with Gasteiger partial charge in [-0.05, 0) is 48.4 Å². The van der Waals surface area contributed by atoms with E-state index >= 15 is 0 Å². The second kappa shape index (κ2) is 6.35. The van der Waals surface area contributed by atoms with Gasteiger partial charge >= 0.3 is 0 Å². The molecule has 0 bridgehead atoms. The van der Waals surface area contributed by atoms with Gasteiger partial charge in [0.25, 0.3) is 5.91 Å². The van der Waals surface area contributed by atoms with Crippen LogP contribution in [-0.2, 0) is 6.54 Å². The Morgan fingerprint density at radius 2 is 1.86 bits per heavy atom. The van der Waals surface area contributed by atoms with Crippen molar-refractivity contribution in [2.24, 2.45) is 0 Å². The largest absolute Gasteiger partial charge is 0.337 e. The van der Waals surface area contributed by atoms with Crippen molar-refractivity contribution < 1.29 is 13.6 Å². The highest BCUT2D eigenvalue weighted by Gasteiger charge is 2.14. The highest BCUT2D eigenvalue weighted by molar-refractivity contribution is 9.10. The zero-order valence-corrected chi connectivity index (χ0v) is 13.2. The molecule has 0 saturated heterocycles. The molecule has 0 aromatic heterocycles. The molecule has 0 N–H and O–H groups in total. The molecule has 0 aliphatic heterocycles. The van der Waals surface area contributed by atoms with E-state index in [4.69, 9.17) is 0 Å². The average Bonchev–Trinajstić information content (AvgIpc) is 2.41. The molecule has 5 heteroatoms. The lowest BCUT2D eigenvalue weighted by Gasteiger charge is -2.18. The second-order valence-electron chi connectivity index (χ2n) is 4.93. The van der Waals surface area contributed by atoms with E-state index in [1.807, 2.05) is 13.0 Å². The van der Waals surface area contributed by atoms with Gasteiger partial charge in [0.2, 0.25) is 0 Å². The van der Waals surface area contributed by atoms with Gasteiger partial charge < -0.3 is 4.90 Å². The molecule has 2 aromatic rings. The standard InChI is InChI=1S/C16H14BrF2NO/c1-10-5-12(8-13(17)6-10)16(21)20(2)9-11-3-4-14(18)15(19)7-11/h3-8H,9H2,1-2H3. The number of hydrogen-bond acceptors (Lipinski definition) is 1. The number of nitrogens with zero attached hydrogens (tertiary/aromatic N) is 1. The maximum Gasteiger partial charge on any atom is 0.253 e. The lowest BCUT2D eigenvalue weighted by atomic mass is 10.1. The first kappa shape index (κ1) is 15.6. The van der Waals surface area contributed by atoms with Gasteiger partial charge in [-0.15, -0.1) is 0 Å². The van der Waals surface area contributed by atoms with Crippen LogP contribution in [0.2, 0.25) is 0 Å². The lowest BCUT2D eigenvalue weighted by molar-refractivity contribution is 0.0784. The molecular formula is C16H14BrF2NO. The fourth-order valence-electron chi connectivity index (χ4n) is 2.06. The molecule has 0 saturated carbocycles. The van der Waals surface area contributed by atoms with Crippen molar-refractivity contribution in [1.82, 2.24) is 4.90 Å². The van der Waals surface area contributed by atoms with E-state index in [9.17, 15) is 13.6 Å². The molecule has 0 heterocycles. The number of hydrogen-bond donors (Lipinski definition) is 0. The number of amides is 1. The SMILES string of the molecule is Cc1cc(Br)cc(C(=O)N(C)Cc2ccc(F)c(F)c2)c1. The van der Waals surface area contributed by atoms with Gasteiger partial charge in [-0.1, -0.05) is 22.0 Å². The molecule has 0 aliphatic carbocycles. The van der Waals surface area contributed by atoms with E-state index in [1.54, 1.807) is 19.2 Å². The molecule has 0 radical (unpaired) electrons. The van der Waals surface area contributed by atoms with Crippen LogP contribution in [0, 0.1) is 18.6 Å². The van der Waals surface area contributed by atoms with Crippen LogP contribution in [0.1, 0.15) is 21.5 Å². The van der Waals surface area contributed by atoms with E-state index < -0.39 is 11.6 Å². The minimum Gasteiger partial charge on any atom is -0.337 e. The molecule has 0 aliphatic rings. The summed E-state index contributed by atoms with van der Waals surface area (Å²) in [6.45, 7) is 2.11. The fraction of sp³-hybridized carbons (Fsp3) is 0.188. The Balaban J connectivity index is 2.17. The zero-order chi connectivity index (χ0) is 15.6. The molecule has 2 rings (SSSR count). The predicted molar refractivity (Wildman–Crippen MR) is 81.0 cm³/mol. The topological polar surface area (TPSA) is 20.3 Å². The third-order valence-corrected chi connectivity index (χ3v) is 3.50. The van der Waals surface area contributed by atoms with Crippen LogP contribution in [0.5, 0.6) is 0 Å². The Morgan fingerprint density at radius 3 is 2.48 bits per heavy atom. The summed E-state index contributed by atoms with van der Waals surface area (Å²) >= 11 is 3.35. The van der Waals surface area contributed by atoms with Crippen molar-refractivity contribution in [1.29, 1.82) is 0 Å². The Hall–Kier alpha value is -1.75. The third kappa shape index (κ3) is 3.88. The van der Waals surface area contributed by atoms with Crippen molar-refractivity contribution in [2.75, 3.05) is 7.05 Å². The van der Waals surface area contributed by atoms with Crippen molar-refractivity contribution in [2.45, 2.75) is 13.5 Å². The van der Waals surface area contributed by atoms with E-state index in [-0.39, 0.29) is 12.5 Å². The highest BCUT2D eigenvalue weighted by Crippen LogP contribution is 2.18. The minimum absolute atomic E-state index is 0.177. The van der Waals surface area contributed by atoms with E-state index in [0.29, 0.717) is 11.1 Å². The van der Waals surface area contributed by atoms with Crippen LogP contribution in [-0.4, -0.2) is 17.9 Å². The molecule has 21 heavy (non-hydrogen) atoms. The van der Waals surface area contributed by atoms with Gasteiger partial charge in [0.05, 0.1) is 0 Å². The van der Waals surface area contributed by atoms with Crippen molar-refractivity contribution in [3.63, 3.8) is 0 Å². The van der Waals surface area contributed by atoms with Gasteiger partial charge in [-0.25, -0.2) is 8.78 Å². The van der Waals surface area contributed by atoms with Gasteiger partial charge in [-0.3, -0.25) is 4.79 Å². The van der Waals surface area contributed by atoms with Gasteiger partial charge in [0, 0.05) is 23.6 Å². The molecule has 0 spiro atoms. The Morgan fingerprint density at radius 1 is 1.14 bits per heavy atom. The van der Waals surface area contributed by atoms with Gasteiger partial charge in [0.15, 0.2) is 11.6 Å². The van der Waals surface area contributed by atoms with Crippen LogP contribution in [0.15, 0.2) is 40.9 Å². The number of halogens is 3. The maximum absolute atomic E-state index is 13.2. The molecule has 0 fully saturated rings. The summed E-state index contributed by atoms with van der Waals surface area (Å²) in [5, 5.41) is 0. The molecule has 2 nitrogen and oxygen atoms in total. The number of carbonyl (C=O) groups is 1. The van der Waals surface area contributed by atoms with Crippen LogP contribution in [0.25, 0.3) is 0 Å². The highest BCUT2D eigenvalue weighted by atomic mass is 79.9. The first-order chi connectivity index (χ1) is 9.86. The predicted octanol–water partition coefficient (Wildman–Crippen LogP) is 4.31. The molecule has 0 atom stereocenters. The van der Waals surface area contributed by atoms with Gasteiger partial charge in [-0.2, -0.15) is 0 Å². The Bertz CT molecular complexity index is 668. The first-order valence-corrected chi connectivity index (χ1v) is 7.12. The van der Waals surface area contributed by atoms with Crippen molar-refractivity contribution in [3.8, 4) is 0 Å². The first-order valence-electron chi connectivity index (χ1n) is 6.33. The van der Waals surface area contributed by atoms with Crippen molar-refractivity contribution >= 4 is 21.8 Å². The van der Waals surface area contributed by atoms with E-state index in [2.05, 4.69) is 15.9 Å². The van der Waals surface area contributed by atoms with E-state index in [0.717, 1.165) is 22.2 Å². The van der Waals surface area contributed by atoms with Gasteiger partial charge in [0.1, 0.15) is 0 Å². The summed E-state index contributed by atoms with van der Waals surface area (Å²) in [5.41, 5.74) is 2.05. The summed E-state index contributed by atoms with van der Waals surface area (Å²) in [6, 6.07) is 9.06. The zero-order valence-electron chi connectivity index (χ0n) is 11.7. The monoisotopic (exact) mass is 353 g/mol. The van der Waals surface area contributed by atoms with Crippen LogP contribution in [0.3, 0.4) is 0 Å². The summed E-state index contributed by atoms with van der Waals surface area (Å²) in [5.74, 6) is -1.98. The van der Waals surface area contributed by atoms with E-state index in [1.165, 1.54) is 11.0 Å². The van der Waals surface area contributed by atoms with Crippen molar-refractivity contribution in [3.05, 3.63) is 69.2 Å². The summed E-state index contributed by atoms with van der Waals surface area (Å²) < 4.78 is 26.9. The Kier molecular flexibility index (Phi) is 4.73. The van der Waals surface area contributed by atoms with Crippen LogP contribution < -0.4 is 0 Å². The normalized spacial score (nSPS) is 10.5. The third-order valence-electron chi connectivity index (χ3n) is 3.04. The minimum atomic E-state index is -0.911. The van der Waals surface area contributed by atoms with Crippen LogP contribution >= 0.6 is 15.9 Å². The quantitative estimate of drug-likeness (QED) is 0.805. The average molecular weight is 354 g/mol. The number of rotatable bonds is 3. The van der Waals surface area contributed by atoms with Crippen LogP contribution in [0.4, 0.5) is 8.78 Å². The molecular weight excluding hydrogens is 340 g/mol. The summed E-state index contributed by atoms with van der Waals surface area (Å²) in [6.07, 6.45) is 0. The second-order valence-corrected chi connectivity index (χ2v) is 5.84. The maximum atomic E-state index is 13.2. The molecule has 1 amide bonds. The molecule has 110 valence electrons. The number of aryl methyl sites for hydroxylation is 1. The molecule has 2 aromatic carbocycles.